The molecule has 4 rings (SSSR count). The van der Waals surface area contributed by atoms with Crippen molar-refractivity contribution in [2.45, 2.75) is 91.5 Å². The van der Waals surface area contributed by atoms with E-state index < -0.39 is 0 Å². The Hall–Kier alpha value is -3.02. The van der Waals surface area contributed by atoms with E-state index in [9.17, 15) is 4.79 Å². The Kier molecular flexibility index (Phi) is 7.09. The second-order valence-corrected chi connectivity index (χ2v) is 12.3. The number of hydrogen-bond donors (Lipinski definition) is 0. The molecule has 1 aliphatic rings. The second-order valence-electron chi connectivity index (χ2n) is 12.3. The lowest BCUT2D eigenvalue weighted by Crippen LogP contribution is -2.40. The lowest BCUT2D eigenvalue weighted by Gasteiger charge is -2.32. The van der Waals surface area contributed by atoms with Gasteiger partial charge in [0, 0.05) is 30.3 Å². The molecule has 0 bridgehead atoms. The van der Waals surface area contributed by atoms with Gasteiger partial charge in [-0.3, -0.25) is 9.78 Å². The highest BCUT2D eigenvalue weighted by Gasteiger charge is 2.26. The maximum Gasteiger partial charge on any atom is 0.244 e. The Balaban J connectivity index is 1.50. The molecule has 1 aromatic carbocycles. The van der Waals surface area contributed by atoms with E-state index in [-0.39, 0.29) is 23.3 Å². The van der Waals surface area contributed by atoms with Crippen LogP contribution in [0.1, 0.15) is 88.8 Å². The van der Waals surface area contributed by atoms with Gasteiger partial charge in [-0.1, -0.05) is 53.7 Å². The number of aryl methyl sites for hydroxylation is 2. The van der Waals surface area contributed by atoms with Gasteiger partial charge in [0.2, 0.25) is 5.91 Å². The molecule has 0 N–H and O–H groups in total. The predicted octanol–water partition coefficient (Wildman–Crippen LogP) is 5.96. The van der Waals surface area contributed by atoms with Crippen molar-refractivity contribution in [1.29, 1.82) is 0 Å². The summed E-state index contributed by atoms with van der Waals surface area (Å²) in [5.74, 6) is 1.95. The molecule has 36 heavy (non-hydrogen) atoms. The summed E-state index contributed by atoms with van der Waals surface area (Å²) in [6.45, 7) is 19.1. The van der Waals surface area contributed by atoms with Gasteiger partial charge in [-0.15, -0.1) is 0 Å². The van der Waals surface area contributed by atoms with Gasteiger partial charge in [-0.25, -0.2) is 9.67 Å². The fourth-order valence-corrected chi connectivity index (χ4v) is 4.84. The summed E-state index contributed by atoms with van der Waals surface area (Å²) in [4.78, 5) is 24.3. The van der Waals surface area contributed by atoms with Crippen molar-refractivity contribution in [2.75, 3.05) is 13.1 Å². The fourth-order valence-electron chi connectivity index (χ4n) is 4.84. The standard InChI is InChI=1S/C30H41N5O/c1-20-31-21(2)35(33-20)19-28(36)34-14-12-22(13-15-34)26-10-9-11-27(32-26)23-16-24(29(3,4)5)18-25(17-23)30(6,7)8/h9-11,16-18,22H,12-15,19H2,1-8H3. The predicted molar refractivity (Wildman–Crippen MR) is 145 cm³/mol. The Morgan fingerprint density at radius 3 is 2.06 bits per heavy atom. The minimum Gasteiger partial charge on any atom is -0.341 e. The minimum absolute atomic E-state index is 0.0659. The van der Waals surface area contributed by atoms with Crippen LogP contribution in [0.4, 0.5) is 0 Å². The highest BCUT2D eigenvalue weighted by Crippen LogP contribution is 2.34. The third kappa shape index (κ3) is 5.85. The first-order chi connectivity index (χ1) is 16.8. The lowest BCUT2D eigenvalue weighted by atomic mass is 9.79. The Morgan fingerprint density at radius 2 is 1.53 bits per heavy atom. The molecule has 1 aliphatic heterocycles. The number of amides is 1. The van der Waals surface area contributed by atoms with Crippen molar-refractivity contribution in [3.8, 4) is 11.3 Å². The number of aromatic nitrogens is 4. The van der Waals surface area contributed by atoms with Gasteiger partial charge in [-0.2, -0.15) is 5.10 Å². The summed E-state index contributed by atoms with van der Waals surface area (Å²) >= 11 is 0. The molecule has 0 radical (unpaired) electrons. The second kappa shape index (κ2) is 9.79. The number of piperidine rings is 1. The summed E-state index contributed by atoms with van der Waals surface area (Å²) in [7, 11) is 0. The molecule has 3 heterocycles. The number of carbonyl (C=O) groups excluding carboxylic acids is 1. The van der Waals surface area contributed by atoms with Crippen molar-refractivity contribution in [3.05, 3.63) is 64.9 Å². The third-order valence-corrected chi connectivity index (χ3v) is 7.25. The SMILES string of the molecule is Cc1nc(C)n(CC(=O)N2CCC(c3cccc(-c4cc(C(C)(C)C)cc(C(C)(C)C)c4)n3)CC2)n1. The smallest absolute Gasteiger partial charge is 0.244 e. The minimum atomic E-state index is 0.0659. The summed E-state index contributed by atoms with van der Waals surface area (Å²) in [6.07, 6.45) is 1.85. The van der Waals surface area contributed by atoms with Crippen LogP contribution in [-0.4, -0.2) is 43.6 Å². The maximum absolute atomic E-state index is 12.9. The van der Waals surface area contributed by atoms with Crippen LogP contribution >= 0.6 is 0 Å². The fraction of sp³-hybridized carbons (Fsp3) is 0.533. The quantitative estimate of drug-likeness (QED) is 0.456. The molecule has 2 aromatic heterocycles. The largest absolute Gasteiger partial charge is 0.341 e. The lowest BCUT2D eigenvalue weighted by molar-refractivity contribution is -0.133. The van der Waals surface area contributed by atoms with Crippen molar-refractivity contribution in [2.24, 2.45) is 0 Å². The highest BCUT2D eigenvalue weighted by molar-refractivity contribution is 5.76. The Morgan fingerprint density at radius 1 is 0.917 bits per heavy atom. The number of carbonyl (C=O) groups is 1. The van der Waals surface area contributed by atoms with Crippen LogP contribution in [0, 0.1) is 13.8 Å². The van der Waals surface area contributed by atoms with Crippen molar-refractivity contribution >= 4 is 5.91 Å². The van der Waals surface area contributed by atoms with Crippen LogP contribution in [0.5, 0.6) is 0 Å². The highest BCUT2D eigenvalue weighted by atomic mass is 16.2. The summed E-state index contributed by atoms with van der Waals surface area (Å²) < 4.78 is 1.70. The van der Waals surface area contributed by atoms with E-state index in [0.717, 1.165) is 43.1 Å². The van der Waals surface area contributed by atoms with Gasteiger partial charge < -0.3 is 4.90 Å². The zero-order valence-corrected chi connectivity index (χ0v) is 23.2. The number of likely N-dealkylation sites (tertiary alicyclic amines) is 1. The van der Waals surface area contributed by atoms with E-state index in [0.29, 0.717) is 11.7 Å². The van der Waals surface area contributed by atoms with Gasteiger partial charge in [0.1, 0.15) is 18.2 Å². The third-order valence-electron chi connectivity index (χ3n) is 7.25. The molecule has 0 aliphatic carbocycles. The van der Waals surface area contributed by atoms with Crippen LogP contribution in [0.3, 0.4) is 0 Å². The van der Waals surface area contributed by atoms with Crippen molar-refractivity contribution in [3.63, 3.8) is 0 Å². The number of rotatable bonds is 4. The van der Waals surface area contributed by atoms with E-state index in [4.69, 9.17) is 4.98 Å². The molecule has 6 nitrogen and oxygen atoms in total. The van der Waals surface area contributed by atoms with E-state index >= 15 is 0 Å². The van der Waals surface area contributed by atoms with Gasteiger partial charge in [-0.05, 0) is 72.9 Å². The Bertz CT molecular complexity index is 1200. The molecule has 0 atom stereocenters. The first-order valence-corrected chi connectivity index (χ1v) is 13.1. The van der Waals surface area contributed by atoms with Crippen LogP contribution in [0.25, 0.3) is 11.3 Å². The molecule has 3 aromatic rings. The molecule has 0 unspecified atom stereocenters. The van der Waals surface area contributed by atoms with Gasteiger partial charge in [0.25, 0.3) is 0 Å². The molecule has 192 valence electrons. The molecule has 0 saturated carbocycles. The molecule has 1 saturated heterocycles. The molecule has 6 heteroatoms. The van der Waals surface area contributed by atoms with Gasteiger partial charge in [0.05, 0.1) is 5.69 Å². The number of benzene rings is 1. The summed E-state index contributed by atoms with van der Waals surface area (Å²) in [6, 6.07) is 13.4. The molecule has 0 spiro atoms. The maximum atomic E-state index is 12.9. The van der Waals surface area contributed by atoms with E-state index in [1.54, 1.807) is 4.68 Å². The first kappa shape index (κ1) is 26.1. The monoisotopic (exact) mass is 487 g/mol. The topological polar surface area (TPSA) is 63.9 Å². The average Bonchev–Trinajstić information content (AvgIpc) is 3.14. The van der Waals surface area contributed by atoms with E-state index in [2.05, 4.69) is 88.0 Å². The number of nitrogens with zero attached hydrogens (tertiary/aromatic N) is 5. The summed E-state index contributed by atoms with van der Waals surface area (Å²) in [5, 5.41) is 4.34. The van der Waals surface area contributed by atoms with Crippen LogP contribution < -0.4 is 0 Å². The summed E-state index contributed by atoms with van der Waals surface area (Å²) in [5.41, 5.74) is 6.14. The van der Waals surface area contributed by atoms with E-state index in [1.165, 1.54) is 16.7 Å². The average molecular weight is 488 g/mol. The normalized spacial score (nSPS) is 15.4. The molecule has 1 amide bonds. The molecular weight excluding hydrogens is 446 g/mol. The van der Waals surface area contributed by atoms with Crippen molar-refractivity contribution in [1.82, 2.24) is 24.6 Å². The first-order valence-electron chi connectivity index (χ1n) is 13.1. The number of pyridine rings is 1. The van der Waals surface area contributed by atoms with Gasteiger partial charge in [0.15, 0.2) is 0 Å². The zero-order chi connectivity index (χ0) is 26.3. The zero-order valence-electron chi connectivity index (χ0n) is 23.2. The van der Waals surface area contributed by atoms with Gasteiger partial charge >= 0.3 is 0 Å². The van der Waals surface area contributed by atoms with Crippen molar-refractivity contribution < 1.29 is 4.79 Å². The molecule has 1 fully saturated rings. The Labute approximate surface area is 216 Å². The van der Waals surface area contributed by atoms with Crippen LogP contribution in [0.15, 0.2) is 36.4 Å². The molecular formula is C30H41N5O. The van der Waals surface area contributed by atoms with Crippen LogP contribution in [0.2, 0.25) is 0 Å². The van der Waals surface area contributed by atoms with Crippen LogP contribution in [-0.2, 0) is 22.2 Å². The van der Waals surface area contributed by atoms with E-state index in [1.807, 2.05) is 18.7 Å². The number of hydrogen-bond acceptors (Lipinski definition) is 4.